The molecule has 2 N–H and O–H groups in total. The van der Waals surface area contributed by atoms with E-state index >= 15 is 0 Å². The summed E-state index contributed by atoms with van der Waals surface area (Å²) in [5.41, 5.74) is 2.34. The van der Waals surface area contributed by atoms with Gasteiger partial charge in [0.25, 0.3) is 0 Å². The number of hydrogen-bond donors (Lipinski definition) is 2. The largest absolute Gasteiger partial charge is 0.342 e. The van der Waals surface area contributed by atoms with Crippen molar-refractivity contribution in [1.29, 1.82) is 0 Å². The van der Waals surface area contributed by atoms with Crippen LogP contribution in [0.15, 0.2) is 24.3 Å². The molecule has 0 atom stereocenters. The van der Waals surface area contributed by atoms with Gasteiger partial charge in [0, 0.05) is 18.5 Å². The summed E-state index contributed by atoms with van der Waals surface area (Å²) in [6.45, 7) is 7.46. The number of para-hydroxylation sites is 2. The fourth-order valence-electron chi connectivity index (χ4n) is 1.68. The van der Waals surface area contributed by atoms with Gasteiger partial charge in [0.1, 0.15) is 5.82 Å². The van der Waals surface area contributed by atoms with Crippen LogP contribution in [-0.4, -0.2) is 22.1 Å². The van der Waals surface area contributed by atoms with Crippen LogP contribution in [0.1, 0.15) is 26.6 Å². The lowest BCUT2D eigenvalue weighted by molar-refractivity contribution is 0.428. The van der Waals surface area contributed by atoms with E-state index in [1.165, 1.54) is 0 Å². The third-order valence-electron chi connectivity index (χ3n) is 2.46. The maximum atomic E-state index is 4.54. The highest BCUT2D eigenvalue weighted by atomic mass is 15.0. The second kappa shape index (κ2) is 4.26. The van der Waals surface area contributed by atoms with Crippen LogP contribution in [0.3, 0.4) is 0 Å². The zero-order chi connectivity index (χ0) is 11.6. The number of rotatable bonds is 3. The highest BCUT2D eigenvalue weighted by molar-refractivity contribution is 5.74. The summed E-state index contributed by atoms with van der Waals surface area (Å²) in [5, 5.41) is 3.45. The molecule has 0 aliphatic rings. The van der Waals surface area contributed by atoms with Gasteiger partial charge in [-0.05, 0) is 32.9 Å². The molecule has 0 saturated carbocycles. The van der Waals surface area contributed by atoms with Crippen LogP contribution in [0.5, 0.6) is 0 Å². The SMILES string of the molecule is CC(C)(C)NCCc1nc2ccccc2[nH]1. The minimum absolute atomic E-state index is 0.173. The molecule has 0 unspecified atom stereocenters. The lowest BCUT2D eigenvalue weighted by atomic mass is 10.1. The number of aromatic nitrogens is 2. The predicted octanol–water partition coefficient (Wildman–Crippen LogP) is 2.49. The molecule has 0 spiro atoms. The number of H-pyrrole nitrogens is 1. The first-order valence-electron chi connectivity index (χ1n) is 5.73. The summed E-state index contributed by atoms with van der Waals surface area (Å²) in [5.74, 6) is 1.05. The van der Waals surface area contributed by atoms with Gasteiger partial charge in [-0.15, -0.1) is 0 Å². The quantitative estimate of drug-likeness (QED) is 0.829. The third-order valence-corrected chi connectivity index (χ3v) is 2.46. The Labute approximate surface area is 96.3 Å². The van der Waals surface area contributed by atoms with Gasteiger partial charge >= 0.3 is 0 Å². The first kappa shape index (κ1) is 11.1. The molecule has 0 saturated heterocycles. The van der Waals surface area contributed by atoms with Gasteiger partial charge in [-0.1, -0.05) is 12.1 Å². The summed E-state index contributed by atoms with van der Waals surface area (Å²) in [6.07, 6.45) is 0.936. The van der Waals surface area contributed by atoms with Crippen molar-refractivity contribution in [1.82, 2.24) is 15.3 Å². The molecule has 1 aromatic carbocycles. The topological polar surface area (TPSA) is 40.7 Å². The summed E-state index contributed by atoms with van der Waals surface area (Å²) in [6, 6.07) is 8.13. The van der Waals surface area contributed by atoms with Crippen LogP contribution in [-0.2, 0) is 6.42 Å². The zero-order valence-corrected chi connectivity index (χ0v) is 10.2. The van der Waals surface area contributed by atoms with Crippen molar-refractivity contribution in [2.24, 2.45) is 0 Å². The molecule has 0 aliphatic heterocycles. The molecule has 0 amide bonds. The summed E-state index contributed by atoms with van der Waals surface area (Å²) in [7, 11) is 0. The standard InChI is InChI=1S/C13H19N3/c1-13(2,3)14-9-8-12-15-10-6-4-5-7-11(10)16-12/h4-7,14H,8-9H2,1-3H3,(H,15,16). The van der Waals surface area contributed by atoms with Gasteiger partial charge in [0.05, 0.1) is 11.0 Å². The molecule has 0 fully saturated rings. The molecule has 86 valence electrons. The Bertz CT molecular complexity index is 432. The molecule has 0 radical (unpaired) electrons. The molecule has 2 aromatic rings. The van der Waals surface area contributed by atoms with E-state index in [-0.39, 0.29) is 5.54 Å². The number of nitrogens with zero attached hydrogens (tertiary/aromatic N) is 1. The van der Waals surface area contributed by atoms with E-state index in [0.717, 1.165) is 29.8 Å². The first-order valence-corrected chi connectivity index (χ1v) is 5.73. The Hall–Kier alpha value is -1.35. The van der Waals surface area contributed by atoms with Crippen molar-refractivity contribution in [3.8, 4) is 0 Å². The van der Waals surface area contributed by atoms with E-state index in [1.807, 2.05) is 18.2 Å². The Morgan fingerprint density at radius 1 is 1.25 bits per heavy atom. The van der Waals surface area contributed by atoms with Gasteiger partial charge in [0.15, 0.2) is 0 Å². The van der Waals surface area contributed by atoms with Crippen molar-refractivity contribution < 1.29 is 0 Å². The molecule has 3 nitrogen and oxygen atoms in total. The normalized spacial score (nSPS) is 12.2. The lowest BCUT2D eigenvalue weighted by Crippen LogP contribution is -2.37. The van der Waals surface area contributed by atoms with Crippen molar-refractivity contribution in [2.45, 2.75) is 32.7 Å². The zero-order valence-electron chi connectivity index (χ0n) is 10.2. The second-order valence-corrected chi connectivity index (χ2v) is 5.13. The van der Waals surface area contributed by atoms with Gasteiger partial charge in [-0.2, -0.15) is 0 Å². The molecule has 1 aromatic heterocycles. The van der Waals surface area contributed by atoms with Gasteiger partial charge in [-0.25, -0.2) is 4.98 Å². The molecule has 16 heavy (non-hydrogen) atoms. The number of imidazole rings is 1. The number of hydrogen-bond acceptors (Lipinski definition) is 2. The summed E-state index contributed by atoms with van der Waals surface area (Å²) < 4.78 is 0. The van der Waals surface area contributed by atoms with Crippen molar-refractivity contribution in [3.05, 3.63) is 30.1 Å². The van der Waals surface area contributed by atoms with E-state index in [1.54, 1.807) is 0 Å². The van der Waals surface area contributed by atoms with Crippen molar-refractivity contribution >= 4 is 11.0 Å². The van der Waals surface area contributed by atoms with Crippen LogP contribution in [0.4, 0.5) is 0 Å². The van der Waals surface area contributed by atoms with Crippen LogP contribution >= 0.6 is 0 Å². The Balaban J connectivity index is 2.00. The molecule has 1 heterocycles. The van der Waals surface area contributed by atoms with Crippen LogP contribution in [0, 0.1) is 0 Å². The van der Waals surface area contributed by atoms with Crippen LogP contribution in [0.2, 0.25) is 0 Å². The van der Waals surface area contributed by atoms with Crippen molar-refractivity contribution in [3.63, 3.8) is 0 Å². The number of fused-ring (bicyclic) bond motifs is 1. The average molecular weight is 217 g/mol. The Kier molecular flexibility index (Phi) is 2.97. The minimum Gasteiger partial charge on any atom is -0.342 e. The van der Waals surface area contributed by atoms with E-state index in [9.17, 15) is 0 Å². The number of benzene rings is 1. The monoisotopic (exact) mass is 217 g/mol. The Morgan fingerprint density at radius 3 is 2.69 bits per heavy atom. The van der Waals surface area contributed by atoms with Crippen LogP contribution in [0.25, 0.3) is 11.0 Å². The lowest BCUT2D eigenvalue weighted by Gasteiger charge is -2.19. The molecule has 0 aliphatic carbocycles. The van der Waals surface area contributed by atoms with E-state index in [2.05, 4.69) is 42.1 Å². The van der Waals surface area contributed by atoms with Crippen LogP contribution < -0.4 is 5.32 Å². The summed E-state index contributed by atoms with van der Waals surface area (Å²) in [4.78, 5) is 7.87. The smallest absolute Gasteiger partial charge is 0.108 e. The first-order chi connectivity index (χ1) is 7.54. The molecular weight excluding hydrogens is 198 g/mol. The maximum absolute atomic E-state index is 4.54. The molecule has 0 bridgehead atoms. The Morgan fingerprint density at radius 2 is 2.00 bits per heavy atom. The minimum atomic E-state index is 0.173. The van der Waals surface area contributed by atoms with Gasteiger partial charge in [0.2, 0.25) is 0 Å². The second-order valence-electron chi connectivity index (χ2n) is 5.13. The fourth-order valence-corrected chi connectivity index (χ4v) is 1.68. The third kappa shape index (κ3) is 2.83. The summed E-state index contributed by atoms with van der Waals surface area (Å²) >= 11 is 0. The average Bonchev–Trinajstić information content (AvgIpc) is 2.57. The molecule has 3 heteroatoms. The number of nitrogens with one attached hydrogen (secondary N) is 2. The van der Waals surface area contributed by atoms with Gasteiger partial charge < -0.3 is 10.3 Å². The highest BCUT2D eigenvalue weighted by Gasteiger charge is 2.08. The molecular formula is C13H19N3. The molecule has 2 rings (SSSR count). The predicted molar refractivity (Wildman–Crippen MR) is 67.6 cm³/mol. The highest BCUT2D eigenvalue weighted by Crippen LogP contribution is 2.10. The van der Waals surface area contributed by atoms with E-state index in [4.69, 9.17) is 0 Å². The fraction of sp³-hybridized carbons (Fsp3) is 0.462. The van der Waals surface area contributed by atoms with E-state index < -0.39 is 0 Å². The van der Waals surface area contributed by atoms with Crippen molar-refractivity contribution in [2.75, 3.05) is 6.54 Å². The number of aromatic amines is 1. The maximum Gasteiger partial charge on any atom is 0.108 e. The van der Waals surface area contributed by atoms with Gasteiger partial charge in [-0.3, -0.25) is 0 Å². The van der Waals surface area contributed by atoms with E-state index in [0.29, 0.717) is 0 Å².